The first kappa shape index (κ1) is 43.0. The standard InChI is InChI=1S/C34H52N10O10P2SSi2/c1-32(2,3)58(7,8)53-22-18-12-49-55(46)51-25-23(54-59(9,10)33(4,5)6)21(43-15-39-19-26(35)37-14-38-27(19)43)17-11-34(17,25)13-50-56(47,48)52-24(22)30(57-18)44-16-40-20-28(44)41-31(36)42-29(20)45/h14-18,21-25,30H,11-13H2,1-10H3,(H5-,35,36,37,38,41,42,45,47,48)/p+1/t17-,18-,21-,22?,23?,24-,25+,30-,34?/m1/s1. The minimum atomic E-state index is -4.94. The summed E-state index contributed by atoms with van der Waals surface area (Å²) in [6.45, 7) is 20.5. The van der Waals surface area contributed by atoms with E-state index in [1.807, 2.05) is 4.57 Å². The number of H-pyrrole nitrogens is 1. The van der Waals surface area contributed by atoms with Gasteiger partial charge in [-0.2, -0.15) is 4.98 Å². The molecule has 322 valence electrons. The Balaban J connectivity index is 1.20. The smallest absolute Gasteiger partial charge is 0.410 e. The van der Waals surface area contributed by atoms with Crippen LogP contribution in [0.4, 0.5) is 11.8 Å². The first-order valence-electron chi connectivity index (χ1n) is 19.4. The number of nitrogen functional groups attached to an aromatic ring is 2. The molecule has 2 aliphatic carbocycles. The number of aromatic amines is 1. The third kappa shape index (κ3) is 7.45. The highest BCUT2D eigenvalue weighted by Gasteiger charge is 2.76. The summed E-state index contributed by atoms with van der Waals surface area (Å²) in [5.74, 6) is -0.178. The van der Waals surface area contributed by atoms with Crippen LogP contribution in [0.2, 0.25) is 36.3 Å². The second-order valence-corrected chi connectivity index (χ2v) is 32.2. The number of nitrogens with one attached hydrogen (secondary N) is 1. The zero-order valence-corrected chi connectivity index (χ0v) is 39.3. The molecule has 4 aromatic rings. The maximum absolute atomic E-state index is 14.5. The molecule has 4 aliphatic rings. The Bertz CT molecular complexity index is 2420. The Morgan fingerprint density at radius 1 is 0.983 bits per heavy atom. The third-order valence-corrected chi connectivity index (χ3v) is 25.5. The first-order valence-corrected chi connectivity index (χ1v) is 28.8. The number of anilines is 2. The molecule has 2 bridgehead atoms. The van der Waals surface area contributed by atoms with Gasteiger partial charge in [-0.15, -0.1) is 20.8 Å². The lowest BCUT2D eigenvalue weighted by Gasteiger charge is -2.41. The highest BCUT2D eigenvalue weighted by atomic mass is 32.2. The van der Waals surface area contributed by atoms with Gasteiger partial charge < -0.3 is 29.8 Å². The molecule has 25 heteroatoms. The first-order chi connectivity index (χ1) is 27.3. The van der Waals surface area contributed by atoms with Crippen molar-refractivity contribution in [3.63, 3.8) is 0 Å². The largest absolute Gasteiger partial charge is 0.697 e. The molecule has 2 aliphatic heterocycles. The van der Waals surface area contributed by atoms with Gasteiger partial charge in [0, 0.05) is 9.98 Å². The number of thioether (sulfide) groups is 1. The van der Waals surface area contributed by atoms with E-state index in [0.29, 0.717) is 17.6 Å². The summed E-state index contributed by atoms with van der Waals surface area (Å²) in [4.78, 5) is 48.8. The minimum Gasteiger partial charge on any atom is -0.410 e. The van der Waals surface area contributed by atoms with Crippen LogP contribution in [-0.4, -0.2) is 103 Å². The van der Waals surface area contributed by atoms with Crippen LogP contribution in [0.15, 0.2) is 23.8 Å². The normalized spacial score (nSPS) is 34.0. The average Bonchev–Trinajstić information content (AvgIpc) is 3.39. The van der Waals surface area contributed by atoms with E-state index in [-0.39, 0.29) is 52.1 Å². The highest BCUT2D eigenvalue weighted by Crippen LogP contribution is 2.72. The molecule has 59 heavy (non-hydrogen) atoms. The van der Waals surface area contributed by atoms with Crippen molar-refractivity contribution in [1.29, 1.82) is 0 Å². The molecule has 0 radical (unpaired) electrons. The van der Waals surface area contributed by atoms with Gasteiger partial charge in [0.1, 0.15) is 29.9 Å². The Morgan fingerprint density at radius 2 is 1.63 bits per heavy atom. The molecule has 1 spiro atoms. The van der Waals surface area contributed by atoms with E-state index in [0.717, 1.165) is 0 Å². The second kappa shape index (κ2) is 14.4. The van der Waals surface area contributed by atoms with Gasteiger partial charge in [-0.1, -0.05) is 41.5 Å². The monoisotopic (exact) mass is 911 g/mol. The molecule has 6 heterocycles. The van der Waals surface area contributed by atoms with Gasteiger partial charge in [-0.25, -0.2) is 24.5 Å². The van der Waals surface area contributed by atoms with Gasteiger partial charge in [0.2, 0.25) is 5.95 Å². The van der Waals surface area contributed by atoms with Crippen molar-refractivity contribution in [2.45, 2.75) is 125 Å². The van der Waals surface area contributed by atoms with E-state index >= 15 is 0 Å². The number of hydrogen-bond donors (Lipinski definition) is 4. The molecule has 0 amide bonds. The van der Waals surface area contributed by atoms with Gasteiger partial charge in [0.25, 0.3) is 5.56 Å². The molecule has 2 saturated carbocycles. The van der Waals surface area contributed by atoms with E-state index in [4.69, 9.17) is 38.4 Å². The molecule has 2 saturated heterocycles. The summed E-state index contributed by atoms with van der Waals surface area (Å²) in [6.07, 6.45) is 1.19. The molecule has 8 rings (SSSR count). The molecule has 4 fully saturated rings. The minimum absolute atomic E-state index is 0.0180. The van der Waals surface area contributed by atoms with Gasteiger partial charge >= 0.3 is 16.1 Å². The fraction of sp³-hybridized carbons (Fsp3) is 0.706. The predicted octanol–water partition coefficient (Wildman–Crippen LogP) is 5.65. The molecule has 4 aromatic heterocycles. The summed E-state index contributed by atoms with van der Waals surface area (Å²) >= 11 is 1.28. The number of imidazole rings is 2. The molecule has 5 unspecified atom stereocenters. The quantitative estimate of drug-likeness (QED) is 0.134. The molecule has 20 nitrogen and oxygen atoms in total. The molecule has 11 atom stereocenters. The van der Waals surface area contributed by atoms with Crippen molar-refractivity contribution in [2.75, 3.05) is 24.7 Å². The summed E-state index contributed by atoms with van der Waals surface area (Å²) < 4.78 is 71.3. The van der Waals surface area contributed by atoms with Gasteiger partial charge in [-0.3, -0.25) is 23.4 Å². The van der Waals surface area contributed by atoms with Crippen LogP contribution in [0.1, 0.15) is 59.4 Å². The maximum Gasteiger partial charge on any atom is 0.697 e. The summed E-state index contributed by atoms with van der Waals surface area (Å²) in [5, 5.41) is -1.97. The second-order valence-electron chi connectivity index (χ2n) is 19.0. The molecule has 0 aromatic carbocycles. The molecular formula is C34H53N10O10P2SSi2+. The fourth-order valence-corrected chi connectivity index (χ4v) is 14.3. The summed E-state index contributed by atoms with van der Waals surface area (Å²) in [7, 11) is -13.0. The van der Waals surface area contributed by atoms with Crippen LogP contribution in [0.3, 0.4) is 0 Å². The van der Waals surface area contributed by atoms with Crippen molar-refractivity contribution < 1.29 is 41.0 Å². The van der Waals surface area contributed by atoms with Crippen molar-refractivity contribution in [2.24, 2.45) is 11.3 Å². The lowest BCUT2D eigenvalue weighted by Crippen LogP contribution is -2.50. The molecule has 6 N–H and O–H groups in total. The number of aromatic nitrogens is 8. The van der Waals surface area contributed by atoms with Crippen LogP contribution >= 0.6 is 27.8 Å². The van der Waals surface area contributed by atoms with E-state index in [9.17, 15) is 18.8 Å². The van der Waals surface area contributed by atoms with Crippen molar-refractivity contribution in [1.82, 2.24) is 39.0 Å². The van der Waals surface area contributed by atoms with Crippen molar-refractivity contribution in [3.05, 3.63) is 29.3 Å². The lowest BCUT2D eigenvalue weighted by atomic mass is 10.0. The number of phosphoric acid groups is 1. The topological polar surface area (TPSA) is 269 Å². The Morgan fingerprint density at radius 3 is 2.31 bits per heavy atom. The number of rotatable bonds is 6. The van der Waals surface area contributed by atoms with Crippen molar-refractivity contribution >= 4 is 78.6 Å². The number of nitrogens with zero attached hydrogens (tertiary/aromatic N) is 7. The fourth-order valence-electron chi connectivity index (χ4n) is 7.99. The van der Waals surface area contributed by atoms with Gasteiger partial charge in [-0.05, 0) is 48.6 Å². The third-order valence-electron chi connectivity index (χ3n) is 13.3. The van der Waals surface area contributed by atoms with Gasteiger partial charge in [0.15, 0.2) is 45.4 Å². The summed E-state index contributed by atoms with van der Waals surface area (Å²) in [6, 6.07) is -0.469. The van der Waals surface area contributed by atoms with Crippen LogP contribution in [0.25, 0.3) is 22.3 Å². The van der Waals surface area contributed by atoms with Crippen LogP contribution < -0.4 is 17.0 Å². The van der Waals surface area contributed by atoms with E-state index in [1.165, 1.54) is 24.4 Å². The van der Waals surface area contributed by atoms with Gasteiger partial charge in [0.05, 0.1) is 42.8 Å². The van der Waals surface area contributed by atoms with Crippen molar-refractivity contribution in [3.8, 4) is 0 Å². The Kier molecular flexibility index (Phi) is 10.5. The Labute approximate surface area is 348 Å². The van der Waals surface area contributed by atoms with E-state index in [2.05, 4.69) is 97.6 Å². The lowest BCUT2D eigenvalue weighted by molar-refractivity contribution is -0.0156. The van der Waals surface area contributed by atoms with Crippen LogP contribution in [-0.2, 0) is 36.1 Å². The van der Waals surface area contributed by atoms with E-state index < -0.39 is 84.8 Å². The maximum atomic E-state index is 14.5. The van der Waals surface area contributed by atoms with Crippen LogP contribution in [0.5, 0.6) is 0 Å². The highest BCUT2D eigenvalue weighted by molar-refractivity contribution is 8.00. The number of nitrogens with two attached hydrogens (primary N) is 2. The number of phosphoric ester groups is 1. The molecular weight excluding hydrogens is 859 g/mol. The number of hydrogen-bond acceptors (Lipinski definition) is 17. The zero-order valence-electron chi connectivity index (χ0n) is 34.7. The average molecular weight is 912 g/mol. The predicted molar refractivity (Wildman–Crippen MR) is 226 cm³/mol. The Hall–Kier alpha value is -2.67. The van der Waals surface area contributed by atoms with Crippen LogP contribution in [0, 0.1) is 11.3 Å². The zero-order chi connectivity index (χ0) is 42.8. The number of fused-ring (bicyclic) bond motifs is 4. The SMILES string of the molecule is CC(C)(C)[Si](C)(C)OC1[C@H]2OP(=O)(O)OCC34C[C@@H]3[C@@H](n3cnc5c(N)ncnc53)C(O[Si](C)(C)C(C)(C)C)[C@@H]4O[P+](=O)OC[C@H]1S[C@H]2n1cnc2c(=O)[nH]c(N)nc21. The van der Waals surface area contributed by atoms with E-state index in [1.54, 1.807) is 10.9 Å². The summed E-state index contributed by atoms with van der Waals surface area (Å²) in [5.41, 5.74) is 11.7.